The van der Waals surface area contributed by atoms with Gasteiger partial charge in [-0.1, -0.05) is 6.07 Å². The maximum absolute atomic E-state index is 13.4. The van der Waals surface area contributed by atoms with E-state index in [0.717, 1.165) is 0 Å². The highest BCUT2D eigenvalue weighted by atomic mass is 19.4. The number of carbonyl (C=O) groups excluding carboxylic acids is 1. The third kappa shape index (κ3) is 5.88. The molecule has 2 heterocycles. The average Bonchev–Trinajstić information content (AvgIpc) is 2.79. The van der Waals surface area contributed by atoms with Crippen molar-refractivity contribution in [3.63, 3.8) is 0 Å². The van der Waals surface area contributed by atoms with Crippen LogP contribution < -0.4 is 15.4 Å². The number of carbonyl (C=O) groups is 1. The van der Waals surface area contributed by atoms with E-state index in [4.69, 9.17) is 10.1 Å². The molecule has 0 saturated carbocycles. The summed E-state index contributed by atoms with van der Waals surface area (Å²) in [5, 5.41) is 19.9. The van der Waals surface area contributed by atoms with E-state index in [-0.39, 0.29) is 22.9 Å². The lowest BCUT2D eigenvalue weighted by atomic mass is 10.1. The number of halogens is 3. The molecule has 0 spiro atoms. The summed E-state index contributed by atoms with van der Waals surface area (Å²) in [4.78, 5) is 16.1. The Morgan fingerprint density at radius 3 is 2.31 bits per heavy atom. The number of amides is 1. The summed E-state index contributed by atoms with van der Waals surface area (Å²) in [5.41, 5.74) is -1.05. The molecule has 0 fully saturated rings. The second-order valence-corrected chi connectivity index (χ2v) is 6.33. The number of nitrogens with zero attached hydrogens (tertiary/aromatic N) is 3. The number of hydrogen-bond donors (Lipinski definition) is 3. The van der Waals surface area contributed by atoms with Crippen LogP contribution >= 0.6 is 0 Å². The number of hydrogen-bond acceptors (Lipinski definition) is 7. The van der Waals surface area contributed by atoms with Gasteiger partial charge in [0.05, 0.1) is 12.8 Å². The lowest BCUT2D eigenvalue weighted by molar-refractivity contribution is -0.0901. The second-order valence-electron chi connectivity index (χ2n) is 6.33. The van der Waals surface area contributed by atoms with Crippen molar-refractivity contribution < 1.29 is 22.7 Å². The molecular formula is C21H17F3N6O2. The van der Waals surface area contributed by atoms with Crippen LogP contribution in [0.4, 0.5) is 24.8 Å². The van der Waals surface area contributed by atoms with Crippen molar-refractivity contribution in [2.45, 2.75) is 6.18 Å². The Bertz CT molecular complexity index is 1130. The first kappa shape index (κ1) is 22.4. The zero-order chi connectivity index (χ0) is 23.1. The van der Waals surface area contributed by atoms with Crippen LogP contribution in [0.2, 0.25) is 0 Å². The zero-order valence-corrected chi connectivity index (χ0v) is 16.6. The lowest BCUT2D eigenvalue weighted by Crippen LogP contribution is -2.21. The monoisotopic (exact) mass is 442 g/mol. The summed E-state index contributed by atoms with van der Waals surface area (Å²) in [6.45, 7) is 0. The van der Waals surface area contributed by atoms with E-state index in [9.17, 15) is 18.0 Å². The summed E-state index contributed by atoms with van der Waals surface area (Å²) in [5.74, 6) is -0.165. The quantitative estimate of drug-likeness (QED) is 0.476. The van der Waals surface area contributed by atoms with Crippen molar-refractivity contribution in [3.05, 3.63) is 83.8 Å². The minimum atomic E-state index is -4.77. The van der Waals surface area contributed by atoms with Gasteiger partial charge in [0.25, 0.3) is 5.91 Å². The van der Waals surface area contributed by atoms with E-state index in [1.54, 1.807) is 18.2 Å². The number of pyridine rings is 1. The number of alkyl halides is 3. The number of anilines is 2. The molecule has 3 aromatic rings. The van der Waals surface area contributed by atoms with Gasteiger partial charge in [0.1, 0.15) is 11.4 Å². The summed E-state index contributed by atoms with van der Waals surface area (Å²) >= 11 is 0. The molecule has 2 aromatic heterocycles. The molecule has 32 heavy (non-hydrogen) atoms. The first-order valence-corrected chi connectivity index (χ1v) is 9.10. The van der Waals surface area contributed by atoms with Gasteiger partial charge in [0, 0.05) is 23.5 Å². The van der Waals surface area contributed by atoms with E-state index >= 15 is 0 Å². The molecule has 0 radical (unpaired) electrons. The first-order chi connectivity index (χ1) is 15.3. The van der Waals surface area contributed by atoms with Gasteiger partial charge in [-0.2, -0.15) is 13.2 Å². The molecule has 0 atom stereocenters. The fraction of sp³-hybridized carbons (Fsp3) is 0.0952. The largest absolute Gasteiger partial charge is 0.497 e. The van der Waals surface area contributed by atoms with Crippen molar-refractivity contribution in [2.24, 2.45) is 0 Å². The summed E-state index contributed by atoms with van der Waals surface area (Å²) in [6.07, 6.45) is -1.40. The number of ether oxygens (including phenoxy) is 1. The number of rotatable bonds is 7. The Labute approximate surface area is 180 Å². The highest BCUT2D eigenvalue weighted by Gasteiger charge is 2.34. The molecule has 0 unspecified atom stereocenters. The fourth-order valence-corrected chi connectivity index (χ4v) is 2.49. The maximum atomic E-state index is 13.4. The van der Waals surface area contributed by atoms with Crippen LogP contribution in [0, 0.1) is 5.41 Å². The molecule has 3 N–H and O–H groups in total. The molecule has 0 aliphatic carbocycles. The number of benzene rings is 1. The van der Waals surface area contributed by atoms with E-state index in [1.165, 1.54) is 49.8 Å². The van der Waals surface area contributed by atoms with Gasteiger partial charge >= 0.3 is 6.18 Å². The maximum Gasteiger partial charge on any atom is 0.431 e. The molecule has 164 valence electrons. The van der Waals surface area contributed by atoms with E-state index in [1.807, 2.05) is 0 Å². The van der Waals surface area contributed by atoms with Crippen LogP contribution in [0.5, 0.6) is 5.75 Å². The smallest absolute Gasteiger partial charge is 0.431 e. The molecule has 11 heteroatoms. The average molecular weight is 442 g/mol. The van der Waals surface area contributed by atoms with Crippen LogP contribution in [-0.4, -0.2) is 40.1 Å². The number of nitrogens with one attached hydrogen (secondary N) is 3. The van der Waals surface area contributed by atoms with Crippen LogP contribution in [0.15, 0.2) is 72.7 Å². The molecule has 0 saturated heterocycles. The van der Waals surface area contributed by atoms with E-state index < -0.39 is 17.8 Å². The molecular weight excluding hydrogens is 425 g/mol. The highest BCUT2D eigenvalue weighted by molar-refractivity contribution is 6.07. The fourth-order valence-electron chi connectivity index (χ4n) is 2.49. The minimum absolute atomic E-state index is 0.0454. The van der Waals surface area contributed by atoms with Gasteiger partial charge < -0.3 is 20.8 Å². The van der Waals surface area contributed by atoms with Gasteiger partial charge in [-0.25, -0.2) is 0 Å². The van der Waals surface area contributed by atoms with Crippen molar-refractivity contribution in [1.29, 1.82) is 5.41 Å². The zero-order valence-electron chi connectivity index (χ0n) is 16.6. The Kier molecular flexibility index (Phi) is 6.78. The highest BCUT2D eigenvalue weighted by Crippen LogP contribution is 2.27. The Morgan fingerprint density at radius 2 is 1.72 bits per heavy atom. The number of aromatic nitrogens is 3. The Morgan fingerprint density at radius 1 is 1.03 bits per heavy atom. The van der Waals surface area contributed by atoms with Crippen LogP contribution in [-0.2, 0) is 0 Å². The standard InChI is InChI=1S/C21H17F3N6O2/c1-32-15-6-2-4-13(10-15)20(31)28-19-8-7-18(29-30-19)27-17(21(22,23)24)11-16(25)14-5-3-9-26-12-14/h2-12,25H,1H3,(H,27,29)(H,28,30,31)/b17-11-,25-16?. The second kappa shape index (κ2) is 9.69. The summed E-state index contributed by atoms with van der Waals surface area (Å²) < 4.78 is 45.3. The summed E-state index contributed by atoms with van der Waals surface area (Å²) in [7, 11) is 1.47. The van der Waals surface area contributed by atoms with E-state index in [0.29, 0.717) is 17.4 Å². The lowest BCUT2D eigenvalue weighted by Gasteiger charge is -2.14. The van der Waals surface area contributed by atoms with Crippen molar-refractivity contribution in [1.82, 2.24) is 15.2 Å². The predicted octanol–water partition coefficient (Wildman–Crippen LogP) is 4.06. The molecule has 3 rings (SSSR count). The molecule has 1 aromatic carbocycles. The first-order valence-electron chi connectivity index (χ1n) is 9.10. The van der Waals surface area contributed by atoms with Gasteiger partial charge in [0.15, 0.2) is 11.6 Å². The number of allylic oxidation sites excluding steroid dienone is 2. The van der Waals surface area contributed by atoms with E-state index in [2.05, 4.69) is 25.8 Å². The van der Waals surface area contributed by atoms with Crippen LogP contribution in [0.25, 0.3) is 0 Å². The van der Waals surface area contributed by atoms with Gasteiger partial charge in [0.2, 0.25) is 0 Å². The topological polar surface area (TPSA) is 113 Å². The number of methoxy groups -OCH3 is 1. The van der Waals surface area contributed by atoms with Crippen LogP contribution in [0.1, 0.15) is 15.9 Å². The Balaban J connectivity index is 1.73. The molecule has 0 aliphatic heterocycles. The van der Waals surface area contributed by atoms with Gasteiger partial charge in [-0.3, -0.25) is 9.78 Å². The van der Waals surface area contributed by atoms with Gasteiger partial charge in [-0.15, -0.1) is 10.2 Å². The third-order valence-electron chi connectivity index (χ3n) is 4.07. The Hall–Kier alpha value is -4.28. The predicted molar refractivity (Wildman–Crippen MR) is 112 cm³/mol. The molecule has 0 aliphatic rings. The molecule has 0 bridgehead atoms. The SMILES string of the molecule is COc1cccc(C(=O)Nc2ccc(N/C(=C\C(=N)c3cccnc3)C(F)(F)F)nn2)c1. The molecule has 8 nitrogen and oxygen atoms in total. The van der Waals surface area contributed by atoms with Crippen molar-refractivity contribution in [3.8, 4) is 5.75 Å². The minimum Gasteiger partial charge on any atom is -0.497 e. The molecule has 1 amide bonds. The third-order valence-corrected chi connectivity index (χ3v) is 4.07. The van der Waals surface area contributed by atoms with Gasteiger partial charge in [-0.05, 0) is 48.5 Å². The van der Waals surface area contributed by atoms with Crippen molar-refractivity contribution >= 4 is 23.3 Å². The van der Waals surface area contributed by atoms with Crippen molar-refractivity contribution in [2.75, 3.05) is 17.7 Å². The summed E-state index contributed by atoms with van der Waals surface area (Å²) in [6, 6.07) is 11.9. The normalized spacial score (nSPS) is 11.6. The van der Waals surface area contributed by atoms with Crippen LogP contribution in [0.3, 0.4) is 0 Å².